The van der Waals surface area contributed by atoms with E-state index in [-0.39, 0.29) is 6.61 Å². The van der Waals surface area contributed by atoms with Gasteiger partial charge in [0.15, 0.2) is 0 Å². The second kappa shape index (κ2) is 6.06. The molecule has 0 atom stereocenters. The molecule has 1 N–H and O–H groups in total. The molecule has 0 spiro atoms. The summed E-state index contributed by atoms with van der Waals surface area (Å²) in [6.07, 6.45) is 1.73. The van der Waals surface area contributed by atoms with E-state index in [1.54, 1.807) is 6.08 Å². The second-order valence-corrected chi connectivity index (χ2v) is 9.99. The quantitative estimate of drug-likeness (QED) is 0.639. The van der Waals surface area contributed by atoms with Crippen LogP contribution in [-0.2, 0) is 0 Å². The van der Waals surface area contributed by atoms with Crippen LogP contribution in [0.1, 0.15) is 5.56 Å². The summed E-state index contributed by atoms with van der Waals surface area (Å²) in [4.78, 5) is 0. The largest absolute Gasteiger partial charge is 0.392 e. The van der Waals surface area contributed by atoms with E-state index < -0.39 is 8.07 Å². The predicted molar refractivity (Wildman–Crippen MR) is 77.6 cm³/mol. The minimum absolute atomic E-state index is 0.00165. The average molecular weight is 265 g/mol. The molecule has 0 aliphatic heterocycles. The van der Waals surface area contributed by atoms with Crippen LogP contribution < -0.4 is 0 Å². The van der Waals surface area contributed by atoms with E-state index in [0.29, 0.717) is 5.02 Å². The van der Waals surface area contributed by atoms with Gasteiger partial charge in [-0.3, -0.25) is 0 Å². The smallest absolute Gasteiger partial charge is 0.129 e. The molecule has 1 rings (SSSR count). The molecule has 3 heteroatoms. The maximum absolute atomic E-state index is 9.02. The number of aliphatic hydroxyl groups is 1. The molecule has 0 aliphatic rings. The maximum Gasteiger partial charge on any atom is 0.129 e. The number of allylic oxidation sites excluding steroid dienone is 1. The first-order chi connectivity index (χ1) is 7.92. The topological polar surface area (TPSA) is 20.2 Å². The highest BCUT2D eigenvalue weighted by Gasteiger charge is 2.08. The lowest BCUT2D eigenvalue weighted by Crippen LogP contribution is -2.16. The van der Waals surface area contributed by atoms with Gasteiger partial charge < -0.3 is 5.11 Å². The van der Waals surface area contributed by atoms with Crippen molar-refractivity contribution < 1.29 is 5.11 Å². The zero-order valence-electron chi connectivity index (χ0n) is 10.4. The number of hydrogen-bond donors (Lipinski definition) is 1. The Morgan fingerprint density at radius 2 is 1.88 bits per heavy atom. The Bertz CT molecular complexity index is 458. The molecule has 0 aromatic heterocycles. The number of benzene rings is 1. The predicted octanol–water partition coefficient (Wildman–Crippen LogP) is 3.60. The molecule has 1 aromatic rings. The third-order valence-corrected chi connectivity index (χ3v) is 3.15. The van der Waals surface area contributed by atoms with Gasteiger partial charge in [0.2, 0.25) is 0 Å². The van der Waals surface area contributed by atoms with Crippen molar-refractivity contribution in [1.29, 1.82) is 0 Å². The van der Waals surface area contributed by atoms with Gasteiger partial charge in [0.25, 0.3) is 0 Å². The van der Waals surface area contributed by atoms with Crippen LogP contribution in [0.2, 0.25) is 24.7 Å². The van der Waals surface area contributed by atoms with Crippen molar-refractivity contribution in [2.45, 2.75) is 19.6 Å². The summed E-state index contributed by atoms with van der Waals surface area (Å²) < 4.78 is 0. The Labute approximate surface area is 109 Å². The molecular weight excluding hydrogens is 248 g/mol. The normalized spacial score (nSPS) is 11.9. The molecule has 90 valence electrons. The van der Waals surface area contributed by atoms with Crippen molar-refractivity contribution in [2.24, 2.45) is 0 Å². The highest BCUT2D eigenvalue weighted by molar-refractivity contribution is 6.84. The molecule has 0 amide bonds. The Balaban J connectivity index is 3.06. The Kier molecular flexibility index (Phi) is 5.01. The molecule has 0 saturated heterocycles. The Morgan fingerprint density at radius 1 is 1.29 bits per heavy atom. The van der Waals surface area contributed by atoms with Crippen molar-refractivity contribution in [1.82, 2.24) is 0 Å². The molecule has 0 bridgehead atoms. The van der Waals surface area contributed by atoms with E-state index in [1.807, 2.05) is 24.3 Å². The summed E-state index contributed by atoms with van der Waals surface area (Å²) in [5, 5.41) is 9.73. The summed E-state index contributed by atoms with van der Waals surface area (Å²) in [6.45, 7) is 6.58. The molecule has 17 heavy (non-hydrogen) atoms. The summed E-state index contributed by atoms with van der Waals surface area (Å²) >= 11 is 5.85. The minimum atomic E-state index is -1.40. The SMILES string of the molecule is C[Si](C)(C)C#C/C(=C/CO)c1ccc(Cl)cc1. The fourth-order valence-corrected chi connectivity index (χ4v) is 1.85. The van der Waals surface area contributed by atoms with E-state index in [9.17, 15) is 0 Å². The summed E-state index contributed by atoms with van der Waals surface area (Å²) in [5.41, 5.74) is 5.16. The Hall–Kier alpha value is -1.01. The van der Waals surface area contributed by atoms with Gasteiger partial charge in [0, 0.05) is 10.6 Å². The van der Waals surface area contributed by atoms with Crippen molar-refractivity contribution in [3.63, 3.8) is 0 Å². The third kappa shape index (κ3) is 5.23. The van der Waals surface area contributed by atoms with E-state index in [0.717, 1.165) is 11.1 Å². The first kappa shape index (κ1) is 14.0. The van der Waals surface area contributed by atoms with Gasteiger partial charge in [-0.05, 0) is 23.8 Å². The molecule has 1 aromatic carbocycles. The fraction of sp³-hybridized carbons (Fsp3) is 0.286. The molecular formula is C14H17ClOSi. The van der Waals surface area contributed by atoms with E-state index in [2.05, 4.69) is 31.1 Å². The van der Waals surface area contributed by atoms with Gasteiger partial charge in [0.05, 0.1) is 6.61 Å². The van der Waals surface area contributed by atoms with Gasteiger partial charge in [-0.1, -0.05) is 49.3 Å². The van der Waals surface area contributed by atoms with E-state index in [4.69, 9.17) is 16.7 Å². The number of aliphatic hydroxyl groups excluding tert-OH is 1. The molecule has 0 unspecified atom stereocenters. The molecule has 0 radical (unpaired) electrons. The number of halogens is 1. The first-order valence-corrected chi connectivity index (χ1v) is 9.40. The summed E-state index contributed by atoms with van der Waals surface area (Å²) in [5.74, 6) is 3.17. The number of hydrogen-bond acceptors (Lipinski definition) is 1. The van der Waals surface area contributed by atoms with Gasteiger partial charge in [-0.15, -0.1) is 5.54 Å². The summed E-state index contributed by atoms with van der Waals surface area (Å²) in [6, 6.07) is 7.50. The first-order valence-electron chi connectivity index (χ1n) is 5.52. The molecule has 0 saturated carbocycles. The van der Waals surface area contributed by atoms with Crippen LogP contribution in [0.4, 0.5) is 0 Å². The van der Waals surface area contributed by atoms with Crippen molar-refractivity contribution in [3.8, 4) is 11.5 Å². The standard InChI is InChI=1S/C14H17ClOSi/c1-17(2,3)11-9-13(8-10-16)12-4-6-14(15)7-5-12/h4-8,16H,10H2,1-3H3/b13-8-. The summed E-state index contributed by atoms with van der Waals surface area (Å²) in [7, 11) is -1.40. The van der Waals surface area contributed by atoms with Crippen LogP contribution in [0.15, 0.2) is 30.3 Å². The third-order valence-electron chi connectivity index (χ3n) is 2.02. The molecule has 1 nitrogen and oxygen atoms in total. The van der Waals surface area contributed by atoms with Gasteiger partial charge in [0.1, 0.15) is 8.07 Å². The van der Waals surface area contributed by atoms with Crippen molar-refractivity contribution in [2.75, 3.05) is 6.61 Å². The number of rotatable bonds is 2. The van der Waals surface area contributed by atoms with Gasteiger partial charge in [-0.25, -0.2) is 0 Å². The Morgan fingerprint density at radius 3 is 2.35 bits per heavy atom. The fourth-order valence-electron chi connectivity index (χ4n) is 1.22. The lowest BCUT2D eigenvalue weighted by Gasteiger charge is -2.05. The van der Waals surface area contributed by atoms with Crippen LogP contribution in [-0.4, -0.2) is 19.8 Å². The van der Waals surface area contributed by atoms with E-state index in [1.165, 1.54) is 0 Å². The van der Waals surface area contributed by atoms with Crippen molar-refractivity contribution in [3.05, 3.63) is 40.9 Å². The lowest BCUT2D eigenvalue weighted by molar-refractivity contribution is 0.343. The molecule has 0 fully saturated rings. The van der Waals surface area contributed by atoms with Crippen LogP contribution >= 0.6 is 11.6 Å². The maximum atomic E-state index is 9.02. The van der Waals surface area contributed by atoms with Crippen LogP contribution in [0.5, 0.6) is 0 Å². The van der Waals surface area contributed by atoms with Crippen LogP contribution in [0.25, 0.3) is 5.57 Å². The monoisotopic (exact) mass is 264 g/mol. The second-order valence-electron chi connectivity index (χ2n) is 4.81. The van der Waals surface area contributed by atoms with Gasteiger partial charge >= 0.3 is 0 Å². The minimum Gasteiger partial charge on any atom is -0.392 e. The highest BCUT2D eigenvalue weighted by Crippen LogP contribution is 2.17. The van der Waals surface area contributed by atoms with Crippen LogP contribution in [0, 0.1) is 11.5 Å². The van der Waals surface area contributed by atoms with E-state index >= 15 is 0 Å². The molecule has 0 aliphatic carbocycles. The van der Waals surface area contributed by atoms with Crippen molar-refractivity contribution >= 4 is 25.2 Å². The zero-order chi connectivity index (χ0) is 12.9. The van der Waals surface area contributed by atoms with Gasteiger partial charge in [-0.2, -0.15) is 0 Å². The highest BCUT2D eigenvalue weighted by atomic mass is 35.5. The molecule has 0 heterocycles. The zero-order valence-corrected chi connectivity index (χ0v) is 12.2. The average Bonchev–Trinajstić information content (AvgIpc) is 2.24. The lowest BCUT2D eigenvalue weighted by atomic mass is 10.1. The van der Waals surface area contributed by atoms with Crippen LogP contribution in [0.3, 0.4) is 0 Å².